The van der Waals surface area contributed by atoms with Crippen LogP contribution in [0.1, 0.15) is 28.9 Å². The van der Waals surface area contributed by atoms with Crippen molar-refractivity contribution in [2.24, 2.45) is 0 Å². The molecular formula is C17H17N3O3S. The van der Waals surface area contributed by atoms with Crippen LogP contribution in [0.4, 0.5) is 0 Å². The lowest BCUT2D eigenvalue weighted by molar-refractivity contribution is 0.0939. The lowest BCUT2D eigenvalue weighted by Gasteiger charge is -2.14. The average Bonchev–Trinajstić information content (AvgIpc) is 2.60. The highest BCUT2D eigenvalue weighted by Gasteiger charge is 2.15. The van der Waals surface area contributed by atoms with Crippen LogP contribution in [0.2, 0.25) is 0 Å². The first-order valence-electron chi connectivity index (χ1n) is 7.18. The van der Waals surface area contributed by atoms with E-state index in [0.717, 1.165) is 5.56 Å². The van der Waals surface area contributed by atoms with Crippen LogP contribution in [-0.2, 0) is 10.0 Å². The van der Waals surface area contributed by atoms with Gasteiger partial charge in [-0.1, -0.05) is 12.0 Å². The number of nitrogens with one attached hydrogen (secondary N) is 2. The third kappa shape index (κ3) is 4.41. The van der Waals surface area contributed by atoms with Gasteiger partial charge in [0.25, 0.3) is 5.91 Å². The minimum atomic E-state index is -3.66. The zero-order valence-electron chi connectivity index (χ0n) is 13.1. The first kappa shape index (κ1) is 17.7. The second-order valence-electron chi connectivity index (χ2n) is 5.03. The summed E-state index contributed by atoms with van der Waals surface area (Å²) in [6.07, 6.45) is 8.37. The standard InChI is InChI=1S/C17H17N3O3S/c1-3-10-19-24(22,23)16-8-6-14(7-9-16)17(21)20-13(2)15-5-4-11-18-12-15/h1,4-9,11-13,19H,10H2,2H3,(H,20,21). The number of hydrogen-bond acceptors (Lipinski definition) is 4. The highest BCUT2D eigenvalue weighted by molar-refractivity contribution is 7.89. The van der Waals surface area contributed by atoms with E-state index in [2.05, 4.69) is 20.9 Å². The van der Waals surface area contributed by atoms with Gasteiger partial charge in [-0.25, -0.2) is 8.42 Å². The first-order chi connectivity index (χ1) is 11.4. The Morgan fingerprint density at radius 3 is 2.58 bits per heavy atom. The fourth-order valence-corrected chi connectivity index (χ4v) is 2.94. The minimum Gasteiger partial charge on any atom is -0.345 e. The molecule has 6 nitrogen and oxygen atoms in total. The van der Waals surface area contributed by atoms with Crippen molar-refractivity contribution in [1.29, 1.82) is 0 Å². The van der Waals surface area contributed by atoms with Crippen molar-refractivity contribution in [1.82, 2.24) is 15.0 Å². The lowest BCUT2D eigenvalue weighted by Crippen LogP contribution is -2.27. The summed E-state index contributed by atoms with van der Waals surface area (Å²) in [5, 5.41) is 2.83. The first-order valence-corrected chi connectivity index (χ1v) is 8.66. The van der Waals surface area contributed by atoms with Gasteiger partial charge in [-0.2, -0.15) is 4.72 Å². The predicted octanol–water partition coefficient (Wildman–Crippen LogP) is 1.48. The maximum Gasteiger partial charge on any atom is 0.251 e. The number of terminal acetylenes is 1. The molecule has 0 saturated carbocycles. The van der Waals surface area contributed by atoms with E-state index in [-0.39, 0.29) is 23.4 Å². The number of pyridine rings is 1. The fourth-order valence-electron chi connectivity index (χ4n) is 2.00. The summed E-state index contributed by atoms with van der Waals surface area (Å²) >= 11 is 0. The Morgan fingerprint density at radius 1 is 1.29 bits per heavy atom. The molecule has 1 heterocycles. The number of amides is 1. The Bertz CT molecular complexity index is 841. The summed E-state index contributed by atoms with van der Waals surface area (Å²) in [4.78, 5) is 16.3. The smallest absolute Gasteiger partial charge is 0.251 e. The predicted molar refractivity (Wildman–Crippen MR) is 90.6 cm³/mol. The average molecular weight is 343 g/mol. The van der Waals surface area contributed by atoms with Crippen LogP contribution in [0.15, 0.2) is 53.7 Å². The van der Waals surface area contributed by atoms with Gasteiger partial charge < -0.3 is 5.32 Å². The van der Waals surface area contributed by atoms with E-state index in [4.69, 9.17) is 6.42 Å². The van der Waals surface area contributed by atoms with E-state index in [9.17, 15) is 13.2 Å². The van der Waals surface area contributed by atoms with E-state index in [1.807, 2.05) is 13.0 Å². The van der Waals surface area contributed by atoms with Crippen LogP contribution < -0.4 is 10.0 Å². The highest BCUT2D eigenvalue weighted by atomic mass is 32.2. The maximum atomic E-state index is 12.2. The van der Waals surface area contributed by atoms with Gasteiger partial charge in [-0.05, 0) is 42.8 Å². The lowest BCUT2D eigenvalue weighted by atomic mass is 10.1. The molecule has 1 amide bonds. The van der Waals surface area contributed by atoms with Gasteiger partial charge >= 0.3 is 0 Å². The number of benzene rings is 1. The summed E-state index contributed by atoms with van der Waals surface area (Å²) in [5.74, 6) is 1.90. The van der Waals surface area contributed by atoms with Gasteiger partial charge in [-0.3, -0.25) is 9.78 Å². The van der Waals surface area contributed by atoms with Crippen LogP contribution in [0.5, 0.6) is 0 Å². The van der Waals surface area contributed by atoms with Gasteiger partial charge in [0.15, 0.2) is 0 Å². The van der Waals surface area contributed by atoms with Crippen molar-refractivity contribution in [3.05, 3.63) is 59.9 Å². The number of hydrogen-bond donors (Lipinski definition) is 2. The molecule has 124 valence electrons. The van der Waals surface area contributed by atoms with Crippen molar-refractivity contribution < 1.29 is 13.2 Å². The van der Waals surface area contributed by atoms with Gasteiger partial charge in [0.05, 0.1) is 17.5 Å². The molecule has 1 aromatic heterocycles. The van der Waals surface area contributed by atoms with Gasteiger partial charge in [-0.15, -0.1) is 6.42 Å². The fraction of sp³-hybridized carbons (Fsp3) is 0.176. The van der Waals surface area contributed by atoms with Crippen molar-refractivity contribution in [2.45, 2.75) is 17.9 Å². The summed E-state index contributed by atoms with van der Waals surface area (Å²) in [6, 6.07) is 9.08. The van der Waals surface area contributed by atoms with Crippen molar-refractivity contribution in [3.63, 3.8) is 0 Å². The third-order valence-corrected chi connectivity index (χ3v) is 4.74. The van der Waals surface area contributed by atoms with Crippen LogP contribution >= 0.6 is 0 Å². The van der Waals surface area contributed by atoms with Gasteiger partial charge in [0, 0.05) is 18.0 Å². The number of carbonyl (C=O) groups excluding carboxylic acids is 1. The number of carbonyl (C=O) groups is 1. The molecule has 0 saturated heterocycles. The van der Waals surface area contributed by atoms with E-state index in [1.165, 1.54) is 24.3 Å². The maximum absolute atomic E-state index is 12.2. The number of aromatic nitrogens is 1. The molecule has 2 N–H and O–H groups in total. The second kappa shape index (κ2) is 7.73. The number of nitrogens with zero attached hydrogens (tertiary/aromatic N) is 1. The van der Waals surface area contributed by atoms with Crippen LogP contribution in [0, 0.1) is 12.3 Å². The van der Waals surface area contributed by atoms with Crippen molar-refractivity contribution in [3.8, 4) is 12.3 Å². The molecule has 0 aliphatic rings. The zero-order valence-corrected chi connectivity index (χ0v) is 13.9. The van der Waals surface area contributed by atoms with E-state index in [1.54, 1.807) is 18.5 Å². The molecular weight excluding hydrogens is 326 g/mol. The molecule has 0 aliphatic carbocycles. The molecule has 0 spiro atoms. The molecule has 1 aromatic carbocycles. The summed E-state index contributed by atoms with van der Waals surface area (Å²) in [5.41, 5.74) is 1.24. The van der Waals surface area contributed by atoms with Crippen molar-refractivity contribution in [2.75, 3.05) is 6.54 Å². The van der Waals surface area contributed by atoms with Crippen molar-refractivity contribution >= 4 is 15.9 Å². The molecule has 2 rings (SSSR count). The topological polar surface area (TPSA) is 88.2 Å². The van der Waals surface area contributed by atoms with Crippen LogP contribution in [0.3, 0.4) is 0 Å². The largest absolute Gasteiger partial charge is 0.345 e. The molecule has 0 radical (unpaired) electrons. The Kier molecular flexibility index (Phi) is 5.68. The molecule has 2 aromatic rings. The summed E-state index contributed by atoms with van der Waals surface area (Å²) in [6.45, 7) is 1.75. The Morgan fingerprint density at radius 2 is 2.00 bits per heavy atom. The third-order valence-electron chi connectivity index (χ3n) is 3.32. The highest BCUT2D eigenvalue weighted by Crippen LogP contribution is 2.13. The van der Waals surface area contributed by atoms with Crippen LogP contribution in [-0.4, -0.2) is 25.9 Å². The van der Waals surface area contributed by atoms with Gasteiger partial charge in [0.1, 0.15) is 0 Å². The molecule has 1 atom stereocenters. The Labute approximate surface area is 141 Å². The molecule has 0 bridgehead atoms. The molecule has 1 unspecified atom stereocenters. The summed E-state index contributed by atoms with van der Waals surface area (Å²) < 4.78 is 26.1. The summed E-state index contributed by atoms with van der Waals surface area (Å²) in [7, 11) is -3.66. The Balaban J connectivity index is 2.08. The van der Waals surface area contributed by atoms with Crippen LogP contribution in [0.25, 0.3) is 0 Å². The molecule has 0 fully saturated rings. The number of sulfonamides is 1. The quantitative estimate of drug-likeness (QED) is 0.778. The molecule has 0 aliphatic heterocycles. The SMILES string of the molecule is C#CCNS(=O)(=O)c1ccc(C(=O)NC(C)c2cccnc2)cc1. The van der Waals surface area contributed by atoms with E-state index < -0.39 is 10.0 Å². The molecule has 24 heavy (non-hydrogen) atoms. The number of rotatable bonds is 6. The van der Waals surface area contributed by atoms with Gasteiger partial charge in [0.2, 0.25) is 10.0 Å². The zero-order chi connectivity index (χ0) is 17.6. The normalized spacial score (nSPS) is 12.2. The van der Waals surface area contributed by atoms with E-state index in [0.29, 0.717) is 5.56 Å². The monoisotopic (exact) mass is 343 g/mol. The minimum absolute atomic E-state index is 0.0506. The second-order valence-corrected chi connectivity index (χ2v) is 6.80. The molecule has 7 heteroatoms. The van der Waals surface area contributed by atoms with E-state index >= 15 is 0 Å². The Hall–Kier alpha value is -2.69.